The highest BCUT2D eigenvalue weighted by molar-refractivity contribution is 5.83. The number of carbonyl (C=O) groups is 1. The maximum atomic E-state index is 13.2. The Morgan fingerprint density at radius 2 is 1.69 bits per heavy atom. The Kier molecular flexibility index (Phi) is 7.76. The summed E-state index contributed by atoms with van der Waals surface area (Å²) in [5.74, 6) is 1.94. The van der Waals surface area contributed by atoms with Crippen molar-refractivity contribution in [3.8, 4) is 11.5 Å². The fourth-order valence-corrected chi connectivity index (χ4v) is 3.28. The number of ether oxygens (including phenoxy) is 2. The van der Waals surface area contributed by atoms with Crippen molar-refractivity contribution in [2.75, 3.05) is 45.9 Å². The zero-order valence-electron chi connectivity index (χ0n) is 17.0. The van der Waals surface area contributed by atoms with Gasteiger partial charge in [0.05, 0.1) is 5.92 Å². The summed E-state index contributed by atoms with van der Waals surface area (Å²) in [6.45, 7) is 16.3. The number of carbonyl (C=O) groups excluding carboxylic acids is 1. The van der Waals surface area contributed by atoms with E-state index in [-0.39, 0.29) is 11.8 Å². The van der Waals surface area contributed by atoms with Crippen molar-refractivity contribution in [2.45, 2.75) is 40.5 Å². The number of hydrogen-bond acceptors (Lipinski definition) is 4. The quantitative estimate of drug-likeness (QED) is 0.675. The van der Waals surface area contributed by atoms with E-state index >= 15 is 0 Å². The van der Waals surface area contributed by atoms with E-state index in [1.807, 2.05) is 30.0 Å². The van der Waals surface area contributed by atoms with Gasteiger partial charge in [0, 0.05) is 19.6 Å². The molecule has 0 radical (unpaired) electrons. The van der Waals surface area contributed by atoms with Crippen LogP contribution in [-0.2, 0) is 4.79 Å². The molecule has 5 heteroatoms. The van der Waals surface area contributed by atoms with Gasteiger partial charge in [-0.2, -0.15) is 0 Å². The minimum absolute atomic E-state index is 0.183. The van der Waals surface area contributed by atoms with Crippen LogP contribution in [0.5, 0.6) is 11.5 Å². The van der Waals surface area contributed by atoms with Crippen LogP contribution in [0.15, 0.2) is 18.2 Å². The summed E-state index contributed by atoms with van der Waals surface area (Å²) in [4.78, 5) is 17.5. The summed E-state index contributed by atoms with van der Waals surface area (Å²) in [7, 11) is 0. The van der Waals surface area contributed by atoms with Crippen LogP contribution in [0.2, 0.25) is 0 Å². The molecule has 0 saturated heterocycles. The standard InChI is InChI=1S/C21H34N2O3/c1-6-22(7-2)10-11-23(15-16(3)4)21(24)17(5)18-8-9-19-20(14-18)26-13-12-25-19/h8-9,14,16-17H,6-7,10-13,15H2,1-5H3. The van der Waals surface area contributed by atoms with Gasteiger partial charge < -0.3 is 19.3 Å². The molecular weight excluding hydrogens is 328 g/mol. The van der Waals surface area contributed by atoms with Crippen LogP contribution in [-0.4, -0.2) is 61.6 Å². The highest BCUT2D eigenvalue weighted by Crippen LogP contribution is 2.33. The van der Waals surface area contributed by atoms with Gasteiger partial charge in [-0.15, -0.1) is 0 Å². The lowest BCUT2D eigenvalue weighted by Crippen LogP contribution is -2.42. The van der Waals surface area contributed by atoms with Crippen molar-refractivity contribution in [3.63, 3.8) is 0 Å². The van der Waals surface area contributed by atoms with E-state index in [1.165, 1.54) is 0 Å². The summed E-state index contributed by atoms with van der Waals surface area (Å²) in [6, 6.07) is 5.85. The second kappa shape index (κ2) is 9.81. The molecule has 26 heavy (non-hydrogen) atoms. The van der Waals surface area contributed by atoms with Crippen molar-refractivity contribution < 1.29 is 14.3 Å². The van der Waals surface area contributed by atoms with Crippen molar-refractivity contribution in [1.29, 1.82) is 0 Å². The molecule has 1 amide bonds. The number of benzene rings is 1. The van der Waals surface area contributed by atoms with E-state index in [9.17, 15) is 4.79 Å². The molecule has 1 aliphatic heterocycles. The lowest BCUT2D eigenvalue weighted by molar-refractivity contribution is -0.133. The first kappa shape index (κ1) is 20.6. The van der Waals surface area contributed by atoms with Crippen LogP contribution in [0.4, 0.5) is 0 Å². The molecule has 146 valence electrons. The first-order valence-electron chi connectivity index (χ1n) is 9.86. The molecule has 0 spiro atoms. The van der Waals surface area contributed by atoms with Gasteiger partial charge in [-0.3, -0.25) is 4.79 Å². The van der Waals surface area contributed by atoms with E-state index in [0.717, 1.165) is 49.8 Å². The van der Waals surface area contributed by atoms with Crippen molar-refractivity contribution >= 4 is 5.91 Å². The molecule has 0 fully saturated rings. The second-order valence-corrected chi connectivity index (χ2v) is 7.33. The van der Waals surface area contributed by atoms with Crippen LogP contribution in [0.1, 0.15) is 46.1 Å². The molecule has 1 atom stereocenters. The lowest BCUT2D eigenvalue weighted by Gasteiger charge is -2.30. The number of amides is 1. The highest BCUT2D eigenvalue weighted by atomic mass is 16.6. The Labute approximate surface area is 158 Å². The average molecular weight is 363 g/mol. The molecule has 1 heterocycles. The molecular formula is C21H34N2O3. The van der Waals surface area contributed by atoms with E-state index in [0.29, 0.717) is 19.1 Å². The van der Waals surface area contributed by atoms with Crippen LogP contribution in [0.25, 0.3) is 0 Å². The molecule has 2 rings (SSSR count). The van der Waals surface area contributed by atoms with Gasteiger partial charge >= 0.3 is 0 Å². The van der Waals surface area contributed by atoms with E-state index < -0.39 is 0 Å². The van der Waals surface area contributed by atoms with Gasteiger partial charge in [-0.25, -0.2) is 0 Å². The SMILES string of the molecule is CCN(CC)CCN(CC(C)C)C(=O)C(C)c1ccc2c(c1)OCCO2. The third-order valence-corrected chi connectivity index (χ3v) is 4.91. The number of fused-ring (bicyclic) bond motifs is 1. The predicted molar refractivity (Wildman–Crippen MR) is 105 cm³/mol. The van der Waals surface area contributed by atoms with Crippen molar-refractivity contribution in [1.82, 2.24) is 9.80 Å². The lowest BCUT2D eigenvalue weighted by atomic mass is 9.98. The Balaban J connectivity index is 2.10. The third-order valence-electron chi connectivity index (χ3n) is 4.91. The number of hydrogen-bond donors (Lipinski definition) is 0. The average Bonchev–Trinajstić information content (AvgIpc) is 2.66. The molecule has 1 aromatic rings. The zero-order valence-corrected chi connectivity index (χ0v) is 17.0. The van der Waals surface area contributed by atoms with E-state index in [2.05, 4.69) is 32.6 Å². The molecule has 1 aromatic carbocycles. The minimum Gasteiger partial charge on any atom is -0.486 e. The normalized spacial score (nSPS) is 14.6. The number of nitrogens with zero attached hydrogens (tertiary/aromatic N) is 2. The van der Waals surface area contributed by atoms with Crippen molar-refractivity contribution in [3.05, 3.63) is 23.8 Å². The maximum Gasteiger partial charge on any atom is 0.229 e. The summed E-state index contributed by atoms with van der Waals surface area (Å²) in [6.07, 6.45) is 0. The Bertz CT molecular complexity index is 585. The summed E-state index contributed by atoms with van der Waals surface area (Å²) < 4.78 is 11.3. The highest BCUT2D eigenvalue weighted by Gasteiger charge is 2.24. The fourth-order valence-electron chi connectivity index (χ4n) is 3.28. The second-order valence-electron chi connectivity index (χ2n) is 7.33. The molecule has 0 aromatic heterocycles. The van der Waals surface area contributed by atoms with Crippen LogP contribution >= 0.6 is 0 Å². The Hall–Kier alpha value is -1.75. The summed E-state index contributed by atoms with van der Waals surface area (Å²) >= 11 is 0. The molecule has 5 nitrogen and oxygen atoms in total. The van der Waals surface area contributed by atoms with E-state index in [1.54, 1.807) is 0 Å². The van der Waals surface area contributed by atoms with Gasteiger partial charge in [0.25, 0.3) is 0 Å². The van der Waals surface area contributed by atoms with Gasteiger partial charge in [-0.1, -0.05) is 33.8 Å². The zero-order chi connectivity index (χ0) is 19.1. The molecule has 0 aliphatic carbocycles. The topological polar surface area (TPSA) is 42.0 Å². The molecule has 1 aliphatic rings. The number of likely N-dealkylation sites (N-methyl/N-ethyl adjacent to an activating group) is 1. The molecule has 0 bridgehead atoms. The molecule has 0 saturated carbocycles. The Morgan fingerprint density at radius 3 is 2.31 bits per heavy atom. The minimum atomic E-state index is -0.193. The van der Waals surface area contributed by atoms with Crippen molar-refractivity contribution in [2.24, 2.45) is 5.92 Å². The summed E-state index contributed by atoms with van der Waals surface area (Å²) in [5, 5.41) is 0. The first-order valence-corrected chi connectivity index (χ1v) is 9.86. The fraction of sp³-hybridized carbons (Fsp3) is 0.667. The van der Waals surface area contributed by atoms with Gasteiger partial charge in [0.1, 0.15) is 13.2 Å². The van der Waals surface area contributed by atoms with Gasteiger partial charge in [0.15, 0.2) is 11.5 Å². The maximum absolute atomic E-state index is 13.2. The first-order chi connectivity index (χ1) is 12.5. The largest absolute Gasteiger partial charge is 0.486 e. The van der Waals surface area contributed by atoms with Gasteiger partial charge in [0.2, 0.25) is 5.91 Å². The molecule has 0 N–H and O–H groups in total. The van der Waals surface area contributed by atoms with Crippen LogP contribution < -0.4 is 9.47 Å². The summed E-state index contributed by atoms with van der Waals surface area (Å²) in [5.41, 5.74) is 0.982. The molecule has 1 unspecified atom stereocenters. The van der Waals surface area contributed by atoms with Crippen LogP contribution in [0.3, 0.4) is 0 Å². The predicted octanol–water partition coefficient (Wildman–Crippen LogP) is 3.39. The Morgan fingerprint density at radius 1 is 1.04 bits per heavy atom. The monoisotopic (exact) mass is 362 g/mol. The number of rotatable bonds is 9. The third kappa shape index (κ3) is 5.37. The smallest absolute Gasteiger partial charge is 0.229 e. The van der Waals surface area contributed by atoms with Crippen LogP contribution in [0, 0.1) is 5.92 Å². The van der Waals surface area contributed by atoms with Gasteiger partial charge in [-0.05, 0) is 43.6 Å². The van der Waals surface area contributed by atoms with E-state index in [4.69, 9.17) is 9.47 Å².